The first-order valence-electron chi connectivity index (χ1n) is 10.9. The van der Waals surface area contributed by atoms with Crippen LogP contribution in [-0.4, -0.2) is 32.0 Å². The van der Waals surface area contributed by atoms with Gasteiger partial charge in [0.05, 0.1) is 25.7 Å². The maximum atomic E-state index is 11.9. The molecule has 4 nitrogen and oxygen atoms in total. The highest BCUT2D eigenvalue weighted by molar-refractivity contribution is 5.60. The van der Waals surface area contributed by atoms with E-state index in [9.17, 15) is 5.11 Å². The standard InChI is InChI=1S/C27H33NO3/c1-30-24-17-10-8-15-22(24)27(21-13-5-3-6-14-21,26(29)19-7-4-12-20-28)23-16-9-11-18-25(23)31-2/h3,5-6,8-11,13-18,26,29H,4,7,12,19-20,28H2,1-2H3. The van der Waals surface area contributed by atoms with Crippen molar-refractivity contribution in [3.05, 3.63) is 95.6 Å². The Morgan fingerprint density at radius 3 is 1.77 bits per heavy atom. The minimum atomic E-state index is -0.858. The minimum absolute atomic E-state index is 0.630. The van der Waals surface area contributed by atoms with Gasteiger partial charge in [0, 0.05) is 11.1 Å². The normalized spacial score (nSPS) is 12.4. The average molecular weight is 420 g/mol. The van der Waals surface area contributed by atoms with Crippen LogP contribution < -0.4 is 15.2 Å². The van der Waals surface area contributed by atoms with Crippen molar-refractivity contribution < 1.29 is 14.6 Å². The van der Waals surface area contributed by atoms with Crippen molar-refractivity contribution in [3.8, 4) is 11.5 Å². The van der Waals surface area contributed by atoms with Gasteiger partial charge in [-0.3, -0.25) is 0 Å². The van der Waals surface area contributed by atoms with Crippen molar-refractivity contribution in [3.63, 3.8) is 0 Å². The molecule has 31 heavy (non-hydrogen) atoms. The van der Waals surface area contributed by atoms with Crippen LogP contribution in [-0.2, 0) is 5.41 Å². The SMILES string of the molecule is COc1ccccc1C(c1ccccc1)(c1ccccc1OC)C(O)CCCCCN. The molecule has 0 saturated carbocycles. The average Bonchev–Trinajstić information content (AvgIpc) is 2.83. The van der Waals surface area contributed by atoms with Crippen LogP contribution in [0.2, 0.25) is 0 Å². The summed E-state index contributed by atoms with van der Waals surface area (Å²) in [6.07, 6.45) is 2.76. The summed E-state index contributed by atoms with van der Waals surface area (Å²) in [7, 11) is 3.34. The second-order valence-corrected chi connectivity index (χ2v) is 7.73. The van der Waals surface area contributed by atoms with Crippen LogP contribution in [0.15, 0.2) is 78.9 Å². The fourth-order valence-electron chi connectivity index (χ4n) is 4.52. The zero-order chi connectivity index (χ0) is 22.1. The summed E-state index contributed by atoms with van der Waals surface area (Å²) in [5, 5.41) is 11.9. The fraction of sp³-hybridized carbons (Fsp3) is 0.333. The van der Waals surface area contributed by atoms with Gasteiger partial charge in [0.25, 0.3) is 0 Å². The zero-order valence-electron chi connectivity index (χ0n) is 18.5. The number of benzene rings is 3. The van der Waals surface area contributed by atoms with E-state index in [1.807, 2.05) is 66.7 Å². The van der Waals surface area contributed by atoms with E-state index in [4.69, 9.17) is 15.2 Å². The van der Waals surface area contributed by atoms with Gasteiger partial charge in [-0.2, -0.15) is 0 Å². The van der Waals surface area contributed by atoms with Crippen molar-refractivity contribution in [1.82, 2.24) is 0 Å². The second-order valence-electron chi connectivity index (χ2n) is 7.73. The molecule has 0 aliphatic rings. The van der Waals surface area contributed by atoms with Gasteiger partial charge in [-0.15, -0.1) is 0 Å². The van der Waals surface area contributed by atoms with E-state index in [-0.39, 0.29) is 0 Å². The molecule has 0 fully saturated rings. The largest absolute Gasteiger partial charge is 0.496 e. The number of hydrogen-bond donors (Lipinski definition) is 2. The van der Waals surface area contributed by atoms with Crippen molar-refractivity contribution >= 4 is 0 Å². The van der Waals surface area contributed by atoms with Crippen LogP contribution in [0.25, 0.3) is 0 Å². The van der Waals surface area contributed by atoms with E-state index >= 15 is 0 Å². The number of para-hydroxylation sites is 2. The number of methoxy groups -OCH3 is 2. The molecule has 3 aromatic carbocycles. The van der Waals surface area contributed by atoms with Crippen LogP contribution in [0.1, 0.15) is 42.4 Å². The Morgan fingerprint density at radius 1 is 0.742 bits per heavy atom. The molecule has 0 aliphatic carbocycles. The predicted molar refractivity (Wildman–Crippen MR) is 126 cm³/mol. The van der Waals surface area contributed by atoms with Crippen LogP contribution >= 0.6 is 0 Å². The second kappa shape index (κ2) is 11.0. The van der Waals surface area contributed by atoms with Crippen molar-refractivity contribution in [1.29, 1.82) is 0 Å². The van der Waals surface area contributed by atoms with E-state index in [0.717, 1.165) is 47.5 Å². The Balaban J connectivity index is 2.31. The Labute approximate surface area is 185 Å². The van der Waals surface area contributed by atoms with Crippen LogP contribution in [0.4, 0.5) is 0 Å². The quantitative estimate of drug-likeness (QED) is 0.342. The van der Waals surface area contributed by atoms with Gasteiger partial charge in [-0.1, -0.05) is 79.6 Å². The molecule has 3 rings (SSSR count). The monoisotopic (exact) mass is 419 g/mol. The first kappa shape index (κ1) is 22.9. The first-order chi connectivity index (χ1) is 15.2. The fourth-order valence-corrected chi connectivity index (χ4v) is 4.52. The molecular formula is C27H33NO3. The molecule has 0 spiro atoms. The predicted octanol–water partition coefficient (Wildman–Crippen LogP) is 4.92. The van der Waals surface area contributed by atoms with Crippen LogP contribution in [0, 0.1) is 0 Å². The van der Waals surface area contributed by atoms with Gasteiger partial charge < -0.3 is 20.3 Å². The van der Waals surface area contributed by atoms with E-state index in [0.29, 0.717) is 13.0 Å². The first-order valence-corrected chi connectivity index (χ1v) is 10.9. The molecule has 1 unspecified atom stereocenters. The Kier molecular flexibility index (Phi) is 8.10. The molecule has 0 heterocycles. The van der Waals surface area contributed by atoms with Crippen molar-refractivity contribution in [2.75, 3.05) is 20.8 Å². The van der Waals surface area contributed by atoms with Crippen molar-refractivity contribution in [2.45, 2.75) is 37.2 Å². The van der Waals surface area contributed by atoms with Gasteiger partial charge in [-0.25, -0.2) is 0 Å². The molecule has 3 N–H and O–H groups in total. The lowest BCUT2D eigenvalue weighted by atomic mass is 9.64. The van der Waals surface area contributed by atoms with E-state index in [1.165, 1.54) is 0 Å². The summed E-state index contributed by atoms with van der Waals surface area (Å²) in [5.41, 5.74) is 7.65. The lowest BCUT2D eigenvalue weighted by Gasteiger charge is -2.41. The lowest BCUT2D eigenvalue weighted by molar-refractivity contribution is 0.106. The highest BCUT2D eigenvalue weighted by atomic mass is 16.5. The smallest absolute Gasteiger partial charge is 0.123 e. The zero-order valence-corrected chi connectivity index (χ0v) is 18.5. The minimum Gasteiger partial charge on any atom is -0.496 e. The molecule has 3 aromatic rings. The number of ether oxygens (including phenoxy) is 2. The van der Waals surface area contributed by atoms with Crippen molar-refractivity contribution in [2.24, 2.45) is 5.73 Å². The van der Waals surface area contributed by atoms with Crippen LogP contribution in [0.3, 0.4) is 0 Å². The number of aliphatic hydroxyl groups excluding tert-OH is 1. The molecule has 0 aliphatic heterocycles. The Hall–Kier alpha value is -2.82. The molecule has 0 aromatic heterocycles. The molecule has 1 atom stereocenters. The molecule has 0 amide bonds. The highest BCUT2D eigenvalue weighted by Crippen LogP contribution is 2.49. The van der Waals surface area contributed by atoms with Gasteiger partial charge in [0.15, 0.2) is 0 Å². The van der Waals surface area contributed by atoms with Gasteiger partial charge >= 0.3 is 0 Å². The van der Waals surface area contributed by atoms with E-state index < -0.39 is 11.5 Å². The highest BCUT2D eigenvalue weighted by Gasteiger charge is 2.46. The van der Waals surface area contributed by atoms with Gasteiger partial charge in [0.2, 0.25) is 0 Å². The topological polar surface area (TPSA) is 64.7 Å². The van der Waals surface area contributed by atoms with E-state index in [2.05, 4.69) is 12.1 Å². The van der Waals surface area contributed by atoms with E-state index in [1.54, 1.807) is 14.2 Å². The summed E-state index contributed by atoms with van der Waals surface area (Å²) in [6.45, 7) is 0.666. The number of unbranched alkanes of at least 4 members (excludes halogenated alkanes) is 2. The maximum Gasteiger partial charge on any atom is 0.123 e. The molecule has 0 radical (unpaired) electrons. The molecule has 0 bridgehead atoms. The number of rotatable bonds is 11. The molecular weight excluding hydrogens is 386 g/mol. The summed E-state index contributed by atoms with van der Waals surface area (Å²) in [4.78, 5) is 0. The third-order valence-corrected chi connectivity index (χ3v) is 5.97. The third kappa shape index (κ3) is 4.60. The number of hydrogen-bond acceptors (Lipinski definition) is 4. The van der Waals surface area contributed by atoms with Crippen LogP contribution in [0.5, 0.6) is 11.5 Å². The lowest BCUT2D eigenvalue weighted by Crippen LogP contribution is -2.42. The Bertz CT molecular complexity index is 894. The Morgan fingerprint density at radius 2 is 1.26 bits per heavy atom. The summed E-state index contributed by atoms with van der Waals surface area (Å²) < 4.78 is 11.6. The summed E-state index contributed by atoms with van der Waals surface area (Å²) in [6, 6.07) is 26.0. The third-order valence-electron chi connectivity index (χ3n) is 5.97. The summed E-state index contributed by atoms with van der Waals surface area (Å²) >= 11 is 0. The summed E-state index contributed by atoms with van der Waals surface area (Å²) in [5.74, 6) is 1.47. The molecule has 0 saturated heterocycles. The molecule has 164 valence electrons. The van der Waals surface area contributed by atoms with Gasteiger partial charge in [0.1, 0.15) is 11.5 Å². The maximum absolute atomic E-state index is 11.9. The van der Waals surface area contributed by atoms with Gasteiger partial charge in [-0.05, 0) is 37.1 Å². The molecule has 4 heteroatoms. The number of nitrogens with two attached hydrogens (primary N) is 1. The number of aliphatic hydroxyl groups is 1.